The van der Waals surface area contributed by atoms with Crippen LogP contribution in [0.2, 0.25) is 0 Å². The summed E-state index contributed by atoms with van der Waals surface area (Å²) < 4.78 is 18.4. The quantitative estimate of drug-likeness (QED) is 0.890. The summed E-state index contributed by atoms with van der Waals surface area (Å²) in [5.41, 5.74) is 1.30. The highest BCUT2D eigenvalue weighted by atomic mass is 19.1. The van der Waals surface area contributed by atoms with Crippen LogP contribution in [0.5, 0.6) is 0 Å². The summed E-state index contributed by atoms with van der Waals surface area (Å²) in [7, 11) is 0. The van der Waals surface area contributed by atoms with Crippen molar-refractivity contribution in [1.29, 1.82) is 0 Å². The third-order valence-corrected chi connectivity index (χ3v) is 2.39. The fourth-order valence-corrected chi connectivity index (χ4v) is 1.60. The van der Waals surface area contributed by atoms with Crippen molar-refractivity contribution in [3.05, 3.63) is 29.9 Å². The molecule has 17 heavy (non-hydrogen) atoms. The van der Waals surface area contributed by atoms with Gasteiger partial charge in [0.15, 0.2) is 11.5 Å². The number of nitrogens with one attached hydrogen (secondary N) is 1. The number of aromatic nitrogens is 1. The molecule has 0 spiro atoms. The molecule has 0 amide bonds. The Balaban J connectivity index is 2.05. The van der Waals surface area contributed by atoms with Crippen LogP contribution in [0, 0.1) is 5.82 Å². The minimum Gasteiger partial charge on any atom is -0.441 e. The molecule has 0 atom stereocenters. The second-order valence-electron chi connectivity index (χ2n) is 5.15. The zero-order chi connectivity index (χ0) is 12.5. The topological polar surface area (TPSA) is 38.1 Å². The molecular formula is C13H17FN2O. The van der Waals surface area contributed by atoms with Gasteiger partial charge in [0, 0.05) is 24.6 Å². The molecule has 1 heterocycles. The van der Waals surface area contributed by atoms with Crippen LogP contribution in [-0.4, -0.2) is 17.1 Å². The van der Waals surface area contributed by atoms with Crippen molar-refractivity contribution < 1.29 is 8.81 Å². The van der Waals surface area contributed by atoms with E-state index in [1.807, 2.05) is 0 Å². The number of hydrogen-bond acceptors (Lipinski definition) is 3. The van der Waals surface area contributed by atoms with Gasteiger partial charge in [0.05, 0.1) is 0 Å². The van der Waals surface area contributed by atoms with Gasteiger partial charge in [0.1, 0.15) is 11.3 Å². The van der Waals surface area contributed by atoms with Gasteiger partial charge in [-0.05, 0) is 32.9 Å². The lowest BCUT2D eigenvalue weighted by Gasteiger charge is -2.19. The predicted molar refractivity (Wildman–Crippen MR) is 65.4 cm³/mol. The van der Waals surface area contributed by atoms with Gasteiger partial charge in [-0.2, -0.15) is 0 Å². The normalized spacial score (nSPS) is 12.2. The molecule has 0 unspecified atom stereocenters. The fourth-order valence-electron chi connectivity index (χ4n) is 1.60. The van der Waals surface area contributed by atoms with Crippen LogP contribution in [0.25, 0.3) is 11.1 Å². The van der Waals surface area contributed by atoms with Gasteiger partial charge in [-0.3, -0.25) is 0 Å². The van der Waals surface area contributed by atoms with Crippen molar-refractivity contribution in [2.75, 3.05) is 6.54 Å². The largest absolute Gasteiger partial charge is 0.441 e. The van der Waals surface area contributed by atoms with E-state index < -0.39 is 0 Å². The summed E-state index contributed by atoms with van der Waals surface area (Å²) in [6.45, 7) is 7.11. The fraction of sp³-hybridized carbons (Fsp3) is 0.462. The molecule has 0 aliphatic carbocycles. The van der Waals surface area contributed by atoms with E-state index in [-0.39, 0.29) is 11.4 Å². The third kappa shape index (κ3) is 3.27. The van der Waals surface area contributed by atoms with Crippen LogP contribution in [0.3, 0.4) is 0 Å². The van der Waals surface area contributed by atoms with E-state index in [2.05, 4.69) is 31.1 Å². The van der Waals surface area contributed by atoms with E-state index in [4.69, 9.17) is 4.42 Å². The van der Waals surface area contributed by atoms with Crippen LogP contribution >= 0.6 is 0 Å². The van der Waals surface area contributed by atoms with Crippen molar-refractivity contribution in [2.24, 2.45) is 0 Å². The van der Waals surface area contributed by atoms with E-state index in [1.165, 1.54) is 12.1 Å². The minimum atomic E-state index is -0.298. The molecule has 0 saturated carbocycles. The summed E-state index contributed by atoms with van der Waals surface area (Å²) in [5.74, 6) is 0.343. The molecule has 0 saturated heterocycles. The molecule has 2 rings (SSSR count). The molecule has 0 fully saturated rings. The molecule has 0 aliphatic heterocycles. The summed E-state index contributed by atoms with van der Waals surface area (Å²) in [5, 5.41) is 3.35. The number of oxazole rings is 1. The second kappa shape index (κ2) is 4.45. The molecule has 0 bridgehead atoms. The maximum absolute atomic E-state index is 13.0. The van der Waals surface area contributed by atoms with Crippen LogP contribution in [-0.2, 0) is 6.42 Å². The van der Waals surface area contributed by atoms with E-state index in [0.29, 0.717) is 23.4 Å². The number of hydrogen-bond donors (Lipinski definition) is 1. The summed E-state index contributed by atoms with van der Waals surface area (Å²) in [4.78, 5) is 4.30. The van der Waals surface area contributed by atoms with Crippen LogP contribution < -0.4 is 5.32 Å². The lowest BCUT2D eigenvalue weighted by atomic mass is 10.1. The Hall–Kier alpha value is -1.42. The number of halogens is 1. The first-order valence-electron chi connectivity index (χ1n) is 5.74. The van der Waals surface area contributed by atoms with E-state index in [0.717, 1.165) is 6.54 Å². The summed E-state index contributed by atoms with van der Waals surface area (Å²) >= 11 is 0. The molecular weight excluding hydrogens is 219 g/mol. The van der Waals surface area contributed by atoms with Crippen LogP contribution in [0.1, 0.15) is 26.7 Å². The van der Waals surface area contributed by atoms with Gasteiger partial charge in [0.25, 0.3) is 0 Å². The Labute approximate surface area is 100 Å². The average Bonchev–Trinajstić information content (AvgIpc) is 2.57. The van der Waals surface area contributed by atoms with E-state index in [1.54, 1.807) is 6.07 Å². The maximum atomic E-state index is 13.0. The molecule has 4 heteroatoms. The first-order chi connectivity index (χ1) is 7.94. The molecule has 0 aliphatic rings. The van der Waals surface area contributed by atoms with Crippen LogP contribution in [0.15, 0.2) is 22.6 Å². The SMILES string of the molecule is CC(C)(C)NCCc1nc2ccc(F)cc2o1. The molecule has 1 aromatic carbocycles. The highest BCUT2D eigenvalue weighted by Crippen LogP contribution is 2.16. The summed E-state index contributed by atoms with van der Waals surface area (Å²) in [6, 6.07) is 4.39. The predicted octanol–water partition coefficient (Wildman–Crippen LogP) is 2.90. The minimum absolute atomic E-state index is 0.0815. The number of benzene rings is 1. The molecule has 1 aromatic heterocycles. The second-order valence-corrected chi connectivity index (χ2v) is 5.15. The first-order valence-corrected chi connectivity index (χ1v) is 5.74. The molecule has 1 N–H and O–H groups in total. The van der Waals surface area contributed by atoms with Crippen molar-refractivity contribution in [2.45, 2.75) is 32.7 Å². The Morgan fingerprint density at radius 1 is 1.35 bits per heavy atom. The van der Waals surface area contributed by atoms with E-state index >= 15 is 0 Å². The molecule has 2 aromatic rings. The van der Waals surface area contributed by atoms with Gasteiger partial charge in [-0.25, -0.2) is 9.37 Å². The lowest BCUT2D eigenvalue weighted by molar-refractivity contribution is 0.414. The summed E-state index contributed by atoms with van der Waals surface area (Å²) in [6.07, 6.45) is 0.702. The van der Waals surface area contributed by atoms with Gasteiger partial charge >= 0.3 is 0 Å². The van der Waals surface area contributed by atoms with Crippen molar-refractivity contribution >= 4 is 11.1 Å². The number of rotatable bonds is 3. The Bertz CT molecular complexity index is 514. The lowest BCUT2D eigenvalue weighted by Crippen LogP contribution is -2.37. The number of nitrogens with zero attached hydrogens (tertiary/aromatic N) is 1. The van der Waals surface area contributed by atoms with Gasteiger partial charge < -0.3 is 9.73 Å². The number of fused-ring (bicyclic) bond motifs is 1. The van der Waals surface area contributed by atoms with Crippen molar-refractivity contribution in [1.82, 2.24) is 10.3 Å². The monoisotopic (exact) mass is 236 g/mol. The molecule has 92 valence electrons. The van der Waals surface area contributed by atoms with Crippen molar-refractivity contribution in [3.63, 3.8) is 0 Å². The Kier molecular flexibility index (Phi) is 3.15. The van der Waals surface area contributed by atoms with Gasteiger partial charge in [-0.15, -0.1) is 0 Å². The smallest absolute Gasteiger partial charge is 0.196 e. The maximum Gasteiger partial charge on any atom is 0.196 e. The van der Waals surface area contributed by atoms with Gasteiger partial charge in [0.2, 0.25) is 0 Å². The van der Waals surface area contributed by atoms with Crippen molar-refractivity contribution in [3.8, 4) is 0 Å². The highest BCUT2D eigenvalue weighted by Gasteiger charge is 2.10. The third-order valence-electron chi connectivity index (χ3n) is 2.39. The Morgan fingerprint density at radius 3 is 2.82 bits per heavy atom. The first kappa shape index (κ1) is 12.0. The van der Waals surface area contributed by atoms with Gasteiger partial charge in [-0.1, -0.05) is 0 Å². The van der Waals surface area contributed by atoms with Crippen LogP contribution in [0.4, 0.5) is 4.39 Å². The van der Waals surface area contributed by atoms with E-state index in [9.17, 15) is 4.39 Å². The Morgan fingerprint density at radius 2 is 2.12 bits per heavy atom. The zero-order valence-corrected chi connectivity index (χ0v) is 10.4. The standard InChI is InChI=1S/C13H17FN2O/c1-13(2,3)15-7-6-12-16-10-5-4-9(14)8-11(10)17-12/h4-5,8,15H,6-7H2,1-3H3. The zero-order valence-electron chi connectivity index (χ0n) is 10.4. The molecule has 0 radical (unpaired) electrons. The average molecular weight is 236 g/mol. The highest BCUT2D eigenvalue weighted by molar-refractivity contribution is 5.72. The molecule has 3 nitrogen and oxygen atoms in total.